The number of ether oxygens (including phenoxy) is 1. The highest BCUT2D eigenvalue weighted by atomic mass is 35.7. The minimum Gasteiger partial charge on any atom is -0.495 e. The van der Waals surface area contributed by atoms with Crippen LogP contribution in [0.5, 0.6) is 5.75 Å². The second-order valence-corrected chi connectivity index (χ2v) is 5.42. The van der Waals surface area contributed by atoms with Gasteiger partial charge in [-0.2, -0.15) is 5.26 Å². The summed E-state index contributed by atoms with van der Waals surface area (Å²) in [6.07, 6.45) is 0. The third-order valence-electron chi connectivity index (χ3n) is 1.66. The summed E-state index contributed by atoms with van der Waals surface area (Å²) in [6, 6.07) is 4.25. The monoisotopic (exact) mass is 265 g/mol. The van der Waals surface area contributed by atoms with E-state index in [1.54, 1.807) is 6.07 Å². The number of nitrogens with zero attached hydrogens (tertiary/aromatic N) is 1. The molecule has 0 aromatic heterocycles. The van der Waals surface area contributed by atoms with Crippen molar-refractivity contribution in [2.45, 2.75) is 4.90 Å². The van der Waals surface area contributed by atoms with Crippen LogP contribution in [0.15, 0.2) is 17.0 Å². The van der Waals surface area contributed by atoms with Crippen molar-refractivity contribution in [1.82, 2.24) is 0 Å². The molecule has 0 heterocycles. The van der Waals surface area contributed by atoms with Gasteiger partial charge in [-0.25, -0.2) is 8.42 Å². The maximum Gasteiger partial charge on any atom is 0.262 e. The van der Waals surface area contributed by atoms with E-state index in [0.717, 1.165) is 0 Å². The topological polar surface area (TPSA) is 67.2 Å². The molecule has 15 heavy (non-hydrogen) atoms. The lowest BCUT2D eigenvalue weighted by Gasteiger charge is -2.06. The number of benzene rings is 1. The van der Waals surface area contributed by atoms with Crippen LogP contribution in [0, 0.1) is 11.3 Å². The molecule has 0 bridgehead atoms. The van der Waals surface area contributed by atoms with E-state index in [4.69, 9.17) is 32.3 Å². The molecule has 0 spiro atoms. The van der Waals surface area contributed by atoms with Crippen LogP contribution in [-0.2, 0) is 9.05 Å². The molecular weight excluding hydrogens is 261 g/mol. The Morgan fingerprint density at radius 1 is 1.47 bits per heavy atom. The summed E-state index contributed by atoms with van der Waals surface area (Å²) in [7, 11) is 2.52. The van der Waals surface area contributed by atoms with Crippen LogP contribution >= 0.6 is 22.3 Å². The number of halogens is 2. The highest BCUT2D eigenvalue weighted by Crippen LogP contribution is 2.33. The molecule has 0 aliphatic heterocycles. The van der Waals surface area contributed by atoms with Crippen LogP contribution in [0.3, 0.4) is 0 Å². The molecule has 1 rings (SSSR count). The zero-order valence-electron chi connectivity index (χ0n) is 7.49. The van der Waals surface area contributed by atoms with E-state index in [9.17, 15) is 8.42 Å². The molecule has 0 radical (unpaired) electrons. The van der Waals surface area contributed by atoms with Crippen molar-refractivity contribution >= 4 is 31.3 Å². The van der Waals surface area contributed by atoms with Gasteiger partial charge in [0, 0.05) is 10.7 Å². The van der Waals surface area contributed by atoms with Crippen molar-refractivity contribution in [3.63, 3.8) is 0 Å². The van der Waals surface area contributed by atoms with Gasteiger partial charge in [0.2, 0.25) is 0 Å². The van der Waals surface area contributed by atoms with Crippen LogP contribution in [0.25, 0.3) is 0 Å². The molecule has 0 unspecified atom stereocenters. The Balaban J connectivity index is 3.59. The molecule has 80 valence electrons. The Morgan fingerprint density at radius 3 is 2.47 bits per heavy atom. The zero-order valence-corrected chi connectivity index (χ0v) is 9.82. The number of hydrogen-bond donors (Lipinski definition) is 0. The van der Waals surface area contributed by atoms with E-state index >= 15 is 0 Å². The van der Waals surface area contributed by atoms with Gasteiger partial charge < -0.3 is 4.74 Å². The minimum absolute atomic E-state index is 0.0547. The summed E-state index contributed by atoms with van der Waals surface area (Å²) in [5.74, 6) is 0.201. The molecule has 1 aromatic rings. The average molecular weight is 266 g/mol. The maximum absolute atomic E-state index is 11.1. The molecule has 0 saturated carbocycles. The van der Waals surface area contributed by atoms with Crippen LogP contribution in [0.4, 0.5) is 0 Å². The number of hydrogen-bond acceptors (Lipinski definition) is 4. The summed E-state index contributed by atoms with van der Waals surface area (Å²) in [4.78, 5) is -0.303. The smallest absolute Gasteiger partial charge is 0.262 e. The molecule has 0 aliphatic rings. The van der Waals surface area contributed by atoms with Crippen molar-refractivity contribution in [3.8, 4) is 11.8 Å². The summed E-state index contributed by atoms with van der Waals surface area (Å²) >= 11 is 5.71. The van der Waals surface area contributed by atoms with Crippen molar-refractivity contribution in [2.24, 2.45) is 0 Å². The van der Waals surface area contributed by atoms with Gasteiger partial charge in [-0.05, 0) is 12.1 Å². The molecule has 4 nitrogen and oxygen atoms in total. The van der Waals surface area contributed by atoms with Gasteiger partial charge in [-0.1, -0.05) is 11.6 Å². The summed E-state index contributed by atoms with van der Waals surface area (Å²) in [6.45, 7) is 0. The Hall–Kier alpha value is -0.960. The van der Waals surface area contributed by atoms with E-state index < -0.39 is 9.05 Å². The molecule has 0 aliphatic carbocycles. The first-order chi connectivity index (χ1) is 6.91. The summed E-state index contributed by atoms with van der Waals surface area (Å²) in [5, 5.41) is 8.54. The average Bonchev–Trinajstić information content (AvgIpc) is 2.15. The third-order valence-corrected chi connectivity index (χ3v) is 3.53. The van der Waals surface area contributed by atoms with Crippen LogP contribution < -0.4 is 4.74 Å². The fraction of sp³-hybridized carbons (Fsp3) is 0.125. The molecule has 0 amide bonds. The maximum atomic E-state index is 11.1. The minimum atomic E-state index is -3.96. The first-order valence-electron chi connectivity index (χ1n) is 3.63. The SMILES string of the molecule is COc1ccc(S(=O)(=O)Cl)c(Cl)c1C#N. The Morgan fingerprint density at radius 2 is 2.07 bits per heavy atom. The predicted octanol–water partition coefficient (Wildman–Crippen LogP) is 2.15. The van der Waals surface area contributed by atoms with Gasteiger partial charge in [0.15, 0.2) is 0 Å². The van der Waals surface area contributed by atoms with Gasteiger partial charge in [-0.3, -0.25) is 0 Å². The highest BCUT2D eigenvalue weighted by Gasteiger charge is 2.20. The fourth-order valence-corrected chi connectivity index (χ4v) is 2.56. The standard InChI is InChI=1S/C8H5Cl2NO3S/c1-14-6-2-3-7(15(10,12)13)8(9)5(6)4-11/h2-3H,1H3. The first kappa shape index (κ1) is 12.1. The Labute approximate surface area is 96.4 Å². The second-order valence-electron chi connectivity index (χ2n) is 2.50. The van der Waals surface area contributed by atoms with Crippen molar-refractivity contribution in [3.05, 3.63) is 22.7 Å². The Bertz CT molecular complexity index is 534. The van der Waals surface area contributed by atoms with Gasteiger partial charge in [0.05, 0.1) is 12.1 Å². The molecule has 0 saturated heterocycles. The van der Waals surface area contributed by atoms with Crippen LogP contribution in [-0.4, -0.2) is 15.5 Å². The lowest BCUT2D eigenvalue weighted by atomic mass is 10.2. The highest BCUT2D eigenvalue weighted by molar-refractivity contribution is 8.13. The molecular formula is C8H5Cl2NO3S. The molecule has 7 heteroatoms. The third kappa shape index (κ3) is 2.34. The van der Waals surface area contributed by atoms with Crippen molar-refractivity contribution in [2.75, 3.05) is 7.11 Å². The van der Waals surface area contributed by atoms with Gasteiger partial charge in [-0.15, -0.1) is 0 Å². The van der Waals surface area contributed by atoms with E-state index in [0.29, 0.717) is 0 Å². The van der Waals surface area contributed by atoms with Gasteiger partial charge in [0.1, 0.15) is 22.3 Å². The lowest BCUT2D eigenvalue weighted by Crippen LogP contribution is -1.96. The summed E-state index contributed by atoms with van der Waals surface area (Å²) < 4.78 is 26.9. The van der Waals surface area contributed by atoms with Crippen LogP contribution in [0.1, 0.15) is 5.56 Å². The largest absolute Gasteiger partial charge is 0.495 e. The molecule has 0 fully saturated rings. The van der Waals surface area contributed by atoms with E-state index in [1.165, 1.54) is 19.2 Å². The number of rotatable bonds is 2. The van der Waals surface area contributed by atoms with Crippen molar-refractivity contribution < 1.29 is 13.2 Å². The quantitative estimate of drug-likeness (QED) is 0.769. The van der Waals surface area contributed by atoms with E-state index in [-0.39, 0.29) is 21.2 Å². The van der Waals surface area contributed by atoms with E-state index in [2.05, 4.69) is 0 Å². The molecule has 1 aromatic carbocycles. The number of methoxy groups -OCH3 is 1. The first-order valence-corrected chi connectivity index (χ1v) is 6.31. The number of nitriles is 1. The predicted molar refractivity (Wildman–Crippen MR) is 55.8 cm³/mol. The Kier molecular flexibility index (Phi) is 3.45. The van der Waals surface area contributed by atoms with Gasteiger partial charge in [0.25, 0.3) is 9.05 Å². The van der Waals surface area contributed by atoms with Crippen molar-refractivity contribution in [1.29, 1.82) is 5.26 Å². The zero-order chi connectivity index (χ0) is 11.6. The normalized spacial score (nSPS) is 10.8. The lowest BCUT2D eigenvalue weighted by molar-refractivity contribution is 0.413. The molecule has 0 atom stereocenters. The van der Waals surface area contributed by atoms with Gasteiger partial charge >= 0.3 is 0 Å². The summed E-state index contributed by atoms with van der Waals surface area (Å²) in [5.41, 5.74) is -0.0547. The second kappa shape index (κ2) is 4.27. The molecule has 0 N–H and O–H groups in total. The van der Waals surface area contributed by atoms with E-state index in [1.807, 2.05) is 0 Å². The fourth-order valence-electron chi connectivity index (χ4n) is 1.00. The van der Waals surface area contributed by atoms with Crippen LogP contribution in [0.2, 0.25) is 5.02 Å².